The van der Waals surface area contributed by atoms with Crippen LogP contribution in [-0.2, 0) is 4.79 Å². The maximum Gasteiger partial charge on any atom is 0.241 e. The number of likely N-dealkylation sites (tertiary alicyclic amines) is 1. The molecule has 152 valence electrons. The second-order valence-corrected chi connectivity index (χ2v) is 8.02. The Morgan fingerprint density at radius 3 is 2.72 bits per heavy atom. The minimum Gasteiger partial charge on any atom is -0.495 e. The first kappa shape index (κ1) is 19.8. The van der Waals surface area contributed by atoms with E-state index < -0.39 is 0 Å². The highest BCUT2D eigenvalue weighted by Crippen LogP contribution is 2.34. The van der Waals surface area contributed by atoms with E-state index in [1.54, 1.807) is 25.3 Å². The number of aromatic nitrogens is 1. The summed E-state index contributed by atoms with van der Waals surface area (Å²) in [6, 6.07) is 13.5. The molecule has 2 aromatic carbocycles. The van der Waals surface area contributed by atoms with E-state index in [-0.39, 0.29) is 11.9 Å². The first-order valence-electron chi connectivity index (χ1n) is 10.0. The smallest absolute Gasteiger partial charge is 0.241 e. The molecule has 1 fully saturated rings. The summed E-state index contributed by atoms with van der Waals surface area (Å²) in [6.45, 7) is 3.77. The lowest BCUT2D eigenvalue weighted by atomic mass is 9.88. The van der Waals surface area contributed by atoms with Crippen LogP contribution in [0.4, 0.5) is 5.69 Å². The summed E-state index contributed by atoms with van der Waals surface area (Å²) < 4.78 is 5.16. The van der Waals surface area contributed by atoms with Crippen LogP contribution in [0.1, 0.15) is 31.2 Å². The fourth-order valence-corrected chi connectivity index (χ4v) is 4.44. The van der Waals surface area contributed by atoms with Gasteiger partial charge in [0.2, 0.25) is 5.91 Å². The molecule has 0 bridgehead atoms. The molecular weight excluding hydrogens is 386 g/mol. The highest BCUT2D eigenvalue weighted by molar-refractivity contribution is 6.32. The molecule has 1 atom stereocenters. The molecule has 2 N–H and O–H groups in total. The predicted molar refractivity (Wildman–Crippen MR) is 118 cm³/mol. The third-order valence-electron chi connectivity index (χ3n) is 5.94. The fraction of sp³-hybridized carbons (Fsp3) is 0.348. The number of H-pyrrole nitrogens is 1. The van der Waals surface area contributed by atoms with Crippen LogP contribution in [0, 0.1) is 0 Å². The summed E-state index contributed by atoms with van der Waals surface area (Å²) in [5.41, 5.74) is 3.27. The normalized spacial score (nSPS) is 16.7. The fourth-order valence-electron chi connectivity index (χ4n) is 4.19. The van der Waals surface area contributed by atoms with Crippen molar-refractivity contribution in [2.75, 3.05) is 25.5 Å². The van der Waals surface area contributed by atoms with Crippen molar-refractivity contribution >= 4 is 34.1 Å². The Labute approximate surface area is 176 Å². The minimum absolute atomic E-state index is 0.0169. The maximum atomic E-state index is 12.7. The van der Waals surface area contributed by atoms with E-state index in [0.717, 1.165) is 25.9 Å². The Kier molecular flexibility index (Phi) is 5.79. The molecule has 5 nitrogen and oxygen atoms in total. The second-order valence-electron chi connectivity index (χ2n) is 7.61. The molecule has 1 aliphatic rings. The molecule has 1 amide bonds. The van der Waals surface area contributed by atoms with Crippen LogP contribution in [0.25, 0.3) is 10.9 Å². The van der Waals surface area contributed by atoms with Crippen molar-refractivity contribution in [1.29, 1.82) is 0 Å². The number of hydrogen-bond donors (Lipinski definition) is 2. The van der Waals surface area contributed by atoms with Gasteiger partial charge in [-0.15, -0.1) is 0 Å². The topological polar surface area (TPSA) is 57.4 Å². The SMILES string of the molecule is COc1ccc(NC(=O)[C@@H](C)N2CCC(c3c[nH]c4ccccc34)CC2)cc1Cl. The van der Waals surface area contributed by atoms with Gasteiger partial charge in [-0.05, 0) is 68.6 Å². The molecule has 2 heterocycles. The quantitative estimate of drug-likeness (QED) is 0.618. The Hall–Kier alpha value is -2.50. The lowest BCUT2D eigenvalue weighted by molar-refractivity contribution is -0.121. The van der Waals surface area contributed by atoms with Crippen LogP contribution in [0.3, 0.4) is 0 Å². The van der Waals surface area contributed by atoms with Gasteiger partial charge in [0, 0.05) is 22.8 Å². The number of piperidine rings is 1. The molecule has 1 aliphatic heterocycles. The number of halogens is 1. The van der Waals surface area contributed by atoms with Crippen molar-refractivity contribution in [2.45, 2.75) is 31.7 Å². The number of para-hydroxylation sites is 1. The Bertz CT molecular complexity index is 1010. The maximum absolute atomic E-state index is 12.7. The van der Waals surface area contributed by atoms with Gasteiger partial charge in [-0.1, -0.05) is 29.8 Å². The van der Waals surface area contributed by atoms with Gasteiger partial charge in [-0.25, -0.2) is 0 Å². The second kappa shape index (κ2) is 8.47. The highest BCUT2D eigenvalue weighted by atomic mass is 35.5. The number of amides is 1. The van der Waals surface area contributed by atoms with Crippen LogP contribution >= 0.6 is 11.6 Å². The van der Waals surface area contributed by atoms with Crippen LogP contribution in [0.15, 0.2) is 48.7 Å². The number of carbonyl (C=O) groups is 1. The number of nitrogens with one attached hydrogen (secondary N) is 2. The molecular formula is C23H26ClN3O2. The van der Waals surface area contributed by atoms with E-state index in [1.807, 2.05) is 6.92 Å². The van der Waals surface area contributed by atoms with E-state index in [4.69, 9.17) is 16.3 Å². The number of anilines is 1. The number of benzene rings is 2. The molecule has 0 radical (unpaired) electrons. The molecule has 0 unspecified atom stereocenters. The van der Waals surface area contributed by atoms with Crippen LogP contribution in [0.5, 0.6) is 5.75 Å². The highest BCUT2D eigenvalue weighted by Gasteiger charge is 2.28. The lowest BCUT2D eigenvalue weighted by Gasteiger charge is -2.35. The summed E-state index contributed by atoms with van der Waals surface area (Å²) in [5.74, 6) is 1.10. The van der Waals surface area contributed by atoms with Gasteiger partial charge < -0.3 is 15.0 Å². The number of nitrogens with zero attached hydrogens (tertiary/aromatic N) is 1. The zero-order valence-electron chi connectivity index (χ0n) is 16.7. The molecule has 0 aliphatic carbocycles. The van der Waals surface area contributed by atoms with Crippen molar-refractivity contribution in [2.24, 2.45) is 0 Å². The number of hydrogen-bond acceptors (Lipinski definition) is 3. The van der Waals surface area contributed by atoms with Crippen molar-refractivity contribution in [1.82, 2.24) is 9.88 Å². The number of ether oxygens (including phenoxy) is 1. The number of carbonyl (C=O) groups excluding carboxylic acids is 1. The molecule has 0 spiro atoms. The standard InChI is InChI=1S/C23H26ClN3O2/c1-15(23(28)26-17-7-8-22(29-2)20(24)13-17)27-11-9-16(10-12-27)19-14-25-21-6-4-3-5-18(19)21/h3-8,13-16,25H,9-12H2,1-2H3,(H,26,28)/t15-/m1/s1. The number of methoxy groups -OCH3 is 1. The van der Waals surface area contributed by atoms with Gasteiger partial charge in [-0.2, -0.15) is 0 Å². The minimum atomic E-state index is -0.195. The Morgan fingerprint density at radius 2 is 2.00 bits per heavy atom. The number of aromatic amines is 1. The summed E-state index contributed by atoms with van der Waals surface area (Å²) in [6.07, 6.45) is 4.25. The van der Waals surface area contributed by atoms with Gasteiger partial charge in [0.05, 0.1) is 18.2 Å². The van der Waals surface area contributed by atoms with Crippen molar-refractivity contribution < 1.29 is 9.53 Å². The average Bonchev–Trinajstić information content (AvgIpc) is 3.17. The van der Waals surface area contributed by atoms with Gasteiger partial charge in [0.25, 0.3) is 0 Å². The molecule has 1 aromatic heterocycles. The van der Waals surface area contributed by atoms with E-state index in [0.29, 0.717) is 22.4 Å². The predicted octanol–water partition coefficient (Wildman–Crippen LogP) is 5.04. The zero-order chi connectivity index (χ0) is 20.4. The van der Waals surface area contributed by atoms with Crippen LogP contribution in [0.2, 0.25) is 5.02 Å². The third-order valence-corrected chi connectivity index (χ3v) is 6.23. The van der Waals surface area contributed by atoms with Crippen molar-refractivity contribution in [3.63, 3.8) is 0 Å². The van der Waals surface area contributed by atoms with E-state index in [2.05, 4.69) is 45.7 Å². The van der Waals surface area contributed by atoms with Crippen molar-refractivity contribution in [3.8, 4) is 5.75 Å². The first-order valence-corrected chi connectivity index (χ1v) is 10.4. The van der Waals surface area contributed by atoms with Crippen LogP contribution < -0.4 is 10.1 Å². The van der Waals surface area contributed by atoms with Crippen LogP contribution in [-0.4, -0.2) is 42.0 Å². The summed E-state index contributed by atoms with van der Waals surface area (Å²) in [5, 5.41) is 4.77. The van der Waals surface area contributed by atoms with E-state index in [9.17, 15) is 4.79 Å². The van der Waals surface area contributed by atoms with Gasteiger partial charge >= 0.3 is 0 Å². The van der Waals surface area contributed by atoms with Gasteiger partial charge in [0.15, 0.2) is 0 Å². The molecule has 1 saturated heterocycles. The van der Waals surface area contributed by atoms with E-state index >= 15 is 0 Å². The largest absolute Gasteiger partial charge is 0.495 e. The van der Waals surface area contributed by atoms with E-state index in [1.165, 1.54) is 16.5 Å². The molecule has 4 rings (SSSR count). The first-order chi connectivity index (χ1) is 14.1. The van der Waals surface area contributed by atoms with Crippen molar-refractivity contribution in [3.05, 3.63) is 59.2 Å². The van der Waals surface area contributed by atoms with Gasteiger partial charge in [0.1, 0.15) is 5.75 Å². The monoisotopic (exact) mass is 411 g/mol. The number of fused-ring (bicyclic) bond motifs is 1. The average molecular weight is 412 g/mol. The number of rotatable bonds is 5. The molecule has 3 aromatic rings. The Balaban J connectivity index is 1.36. The zero-order valence-corrected chi connectivity index (χ0v) is 17.5. The summed E-state index contributed by atoms with van der Waals surface area (Å²) >= 11 is 6.16. The molecule has 29 heavy (non-hydrogen) atoms. The lowest BCUT2D eigenvalue weighted by Crippen LogP contribution is -2.45. The molecule has 6 heteroatoms. The summed E-state index contributed by atoms with van der Waals surface area (Å²) in [7, 11) is 1.57. The summed E-state index contributed by atoms with van der Waals surface area (Å²) in [4.78, 5) is 18.4. The molecule has 0 saturated carbocycles. The Morgan fingerprint density at radius 1 is 1.24 bits per heavy atom. The third kappa shape index (κ3) is 4.11. The van der Waals surface area contributed by atoms with Gasteiger partial charge in [-0.3, -0.25) is 9.69 Å².